The maximum atomic E-state index is 4.60. The number of hydrogen-bond donors (Lipinski definition) is 0. The van der Waals surface area contributed by atoms with Crippen molar-refractivity contribution in [2.75, 3.05) is 0 Å². The molecule has 4 heteroatoms. The molecule has 1 atom stereocenters. The van der Waals surface area contributed by atoms with Crippen molar-refractivity contribution >= 4 is 17.6 Å². The minimum absolute atomic E-state index is 0.279. The third-order valence-corrected chi connectivity index (χ3v) is 3.90. The lowest BCUT2D eigenvalue weighted by atomic mass is 10.0. The third-order valence-electron chi connectivity index (χ3n) is 2.95. The third kappa shape index (κ3) is 3.67. The molecule has 106 valence electrons. The summed E-state index contributed by atoms with van der Waals surface area (Å²) in [4.78, 5) is 5.55. The summed E-state index contributed by atoms with van der Waals surface area (Å²) in [5.41, 5.74) is 2.39. The van der Waals surface area contributed by atoms with Crippen LogP contribution < -0.4 is 4.80 Å². The zero-order valence-corrected chi connectivity index (χ0v) is 13.3. The zero-order valence-electron chi connectivity index (χ0n) is 12.4. The lowest BCUT2D eigenvalue weighted by Crippen LogP contribution is -2.15. The van der Waals surface area contributed by atoms with Gasteiger partial charge < -0.3 is 0 Å². The van der Waals surface area contributed by atoms with Gasteiger partial charge in [0.05, 0.1) is 5.69 Å². The van der Waals surface area contributed by atoms with Crippen LogP contribution in [0.1, 0.15) is 37.9 Å². The second kappa shape index (κ2) is 6.66. The minimum Gasteiger partial charge on any atom is -0.255 e. The molecule has 1 aromatic heterocycles. The number of nitrogens with zero attached hydrogens (tertiary/aromatic N) is 3. The largest absolute Gasteiger partial charge is 0.255 e. The lowest BCUT2D eigenvalue weighted by Gasteiger charge is -2.06. The molecule has 2 rings (SSSR count). The SMILES string of the molecule is Cc1csc(=NC(C)C)n1/N=C/C(C)c1ccccc1. The van der Waals surface area contributed by atoms with Crippen LogP contribution in [0, 0.1) is 6.92 Å². The Morgan fingerprint density at radius 2 is 1.85 bits per heavy atom. The van der Waals surface area contributed by atoms with E-state index in [1.54, 1.807) is 11.3 Å². The van der Waals surface area contributed by atoms with E-state index in [-0.39, 0.29) is 12.0 Å². The predicted molar refractivity (Wildman–Crippen MR) is 86.5 cm³/mol. The number of aryl methyl sites for hydroxylation is 1. The molecular weight excluding hydrogens is 266 g/mol. The van der Waals surface area contributed by atoms with Crippen LogP contribution in [-0.4, -0.2) is 16.9 Å². The molecule has 0 N–H and O–H groups in total. The molecular formula is C16H21N3S. The number of benzene rings is 1. The molecule has 0 aliphatic carbocycles. The van der Waals surface area contributed by atoms with Gasteiger partial charge in [0.1, 0.15) is 0 Å². The van der Waals surface area contributed by atoms with E-state index in [1.165, 1.54) is 5.56 Å². The van der Waals surface area contributed by atoms with Crippen LogP contribution in [-0.2, 0) is 0 Å². The predicted octanol–water partition coefficient (Wildman–Crippen LogP) is 3.80. The quantitative estimate of drug-likeness (QED) is 0.766. The summed E-state index contributed by atoms with van der Waals surface area (Å²) >= 11 is 1.63. The first-order valence-electron chi connectivity index (χ1n) is 6.88. The molecule has 3 nitrogen and oxygen atoms in total. The van der Waals surface area contributed by atoms with Crippen molar-refractivity contribution in [2.24, 2.45) is 10.1 Å². The van der Waals surface area contributed by atoms with Gasteiger partial charge in [0.25, 0.3) is 0 Å². The van der Waals surface area contributed by atoms with Crippen LogP contribution in [0.15, 0.2) is 45.8 Å². The first-order valence-corrected chi connectivity index (χ1v) is 7.76. The molecule has 0 saturated heterocycles. The Kier molecular flexibility index (Phi) is 4.90. The summed E-state index contributed by atoms with van der Waals surface area (Å²) in [7, 11) is 0. The monoisotopic (exact) mass is 287 g/mol. The van der Waals surface area contributed by atoms with Crippen LogP contribution in [0.2, 0.25) is 0 Å². The average molecular weight is 287 g/mol. The zero-order chi connectivity index (χ0) is 14.5. The molecule has 0 aliphatic heterocycles. The Bertz CT molecular complexity index is 635. The number of rotatable bonds is 4. The smallest absolute Gasteiger partial charge is 0.206 e. The summed E-state index contributed by atoms with van der Waals surface area (Å²) < 4.78 is 1.92. The van der Waals surface area contributed by atoms with Gasteiger partial charge in [-0.2, -0.15) is 5.10 Å². The van der Waals surface area contributed by atoms with Crippen molar-refractivity contribution in [2.45, 2.75) is 39.7 Å². The van der Waals surface area contributed by atoms with Crippen molar-refractivity contribution in [1.29, 1.82) is 0 Å². The average Bonchev–Trinajstić information content (AvgIpc) is 2.77. The molecule has 1 aromatic carbocycles. The van der Waals surface area contributed by atoms with Gasteiger partial charge in [-0.15, -0.1) is 11.3 Å². The maximum Gasteiger partial charge on any atom is 0.206 e. The van der Waals surface area contributed by atoms with Crippen LogP contribution in [0.5, 0.6) is 0 Å². The van der Waals surface area contributed by atoms with Gasteiger partial charge >= 0.3 is 0 Å². The first kappa shape index (κ1) is 14.7. The molecule has 20 heavy (non-hydrogen) atoms. The molecule has 0 saturated carbocycles. The first-order chi connectivity index (χ1) is 9.58. The fourth-order valence-electron chi connectivity index (χ4n) is 1.84. The Labute approximate surface area is 124 Å². The van der Waals surface area contributed by atoms with E-state index in [0.717, 1.165) is 10.5 Å². The molecule has 0 radical (unpaired) electrons. The van der Waals surface area contributed by atoms with Gasteiger partial charge in [-0.25, -0.2) is 4.68 Å². The molecule has 0 amide bonds. The van der Waals surface area contributed by atoms with E-state index >= 15 is 0 Å². The normalized spacial score (nSPS) is 14.3. The fourth-order valence-corrected chi connectivity index (χ4v) is 2.78. The van der Waals surface area contributed by atoms with Crippen LogP contribution in [0.4, 0.5) is 0 Å². The highest BCUT2D eigenvalue weighted by atomic mass is 32.1. The lowest BCUT2D eigenvalue weighted by molar-refractivity contribution is 0.734. The number of aromatic nitrogens is 1. The number of thiazole rings is 1. The molecule has 0 spiro atoms. The number of hydrogen-bond acceptors (Lipinski definition) is 3. The molecule has 0 aliphatic rings. The fraction of sp³-hybridized carbons (Fsp3) is 0.375. The van der Waals surface area contributed by atoms with Gasteiger partial charge in [-0.3, -0.25) is 4.99 Å². The summed E-state index contributed by atoms with van der Waals surface area (Å²) in [6.45, 7) is 8.37. The van der Waals surface area contributed by atoms with Crippen molar-refractivity contribution in [1.82, 2.24) is 4.68 Å². The minimum atomic E-state index is 0.279. The molecule has 0 fully saturated rings. The summed E-state index contributed by atoms with van der Waals surface area (Å²) in [5.74, 6) is 0.287. The van der Waals surface area contributed by atoms with Gasteiger partial charge in [0.15, 0.2) is 0 Å². The second-order valence-electron chi connectivity index (χ2n) is 5.16. The van der Waals surface area contributed by atoms with E-state index in [9.17, 15) is 0 Å². The Balaban J connectivity index is 2.26. The topological polar surface area (TPSA) is 29.6 Å². The van der Waals surface area contributed by atoms with Gasteiger partial charge in [0.2, 0.25) is 4.80 Å². The second-order valence-corrected chi connectivity index (χ2v) is 5.99. The van der Waals surface area contributed by atoms with E-state index in [0.29, 0.717) is 0 Å². The Hall–Kier alpha value is -1.68. The molecule has 1 heterocycles. The highest BCUT2D eigenvalue weighted by Gasteiger charge is 2.03. The van der Waals surface area contributed by atoms with E-state index in [2.05, 4.69) is 67.4 Å². The van der Waals surface area contributed by atoms with Crippen molar-refractivity contribution in [3.05, 3.63) is 51.8 Å². The van der Waals surface area contributed by atoms with Gasteiger partial charge in [-0.1, -0.05) is 37.3 Å². The molecule has 0 bridgehead atoms. The van der Waals surface area contributed by atoms with E-state index in [1.807, 2.05) is 17.0 Å². The van der Waals surface area contributed by atoms with E-state index < -0.39 is 0 Å². The van der Waals surface area contributed by atoms with Crippen LogP contribution >= 0.6 is 11.3 Å². The van der Waals surface area contributed by atoms with Crippen molar-refractivity contribution < 1.29 is 0 Å². The maximum absolute atomic E-state index is 4.60. The standard InChI is InChI=1S/C16H21N3S/c1-12(2)18-16-19(14(4)11-20-16)17-10-13(3)15-8-6-5-7-9-15/h5-13H,1-4H3/b17-10+,18-16?. The molecule has 2 aromatic rings. The molecule has 1 unspecified atom stereocenters. The highest BCUT2D eigenvalue weighted by Crippen LogP contribution is 2.12. The Morgan fingerprint density at radius 3 is 2.50 bits per heavy atom. The Morgan fingerprint density at radius 1 is 1.15 bits per heavy atom. The van der Waals surface area contributed by atoms with Crippen LogP contribution in [0.25, 0.3) is 0 Å². The van der Waals surface area contributed by atoms with Gasteiger partial charge in [-0.05, 0) is 26.3 Å². The summed E-state index contributed by atoms with van der Waals surface area (Å²) in [6.07, 6.45) is 1.98. The van der Waals surface area contributed by atoms with Crippen molar-refractivity contribution in [3.8, 4) is 0 Å². The van der Waals surface area contributed by atoms with Gasteiger partial charge in [0, 0.05) is 23.6 Å². The van der Waals surface area contributed by atoms with Crippen LogP contribution in [0.3, 0.4) is 0 Å². The highest BCUT2D eigenvalue weighted by molar-refractivity contribution is 7.07. The van der Waals surface area contributed by atoms with Crippen molar-refractivity contribution in [3.63, 3.8) is 0 Å². The summed E-state index contributed by atoms with van der Waals surface area (Å²) in [6, 6.07) is 10.7. The van der Waals surface area contributed by atoms with E-state index in [4.69, 9.17) is 0 Å². The summed E-state index contributed by atoms with van der Waals surface area (Å²) in [5, 5.41) is 6.69.